The molecule has 0 saturated carbocycles. The molecule has 0 aliphatic carbocycles. The van der Waals surface area contributed by atoms with E-state index in [0.29, 0.717) is 22.3 Å². The van der Waals surface area contributed by atoms with Gasteiger partial charge in [0.25, 0.3) is 5.91 Å². The minimum atomic E-state index is -3.56. The predicted molar refractivity (Wildman–Crippen MR) is 125 cm³/mol. The van der Waals surface area contributed by atoms with Crippen molar-refractivity contribution in [1.29, 1.82) is 0 Å². The summed E-state index contributed by atoms with van der Waals surface area (Å²) in [4.78, 5) is 21.9. The number of aromatic nitrogens is 3. The van der Waals surface area contributed by atoms with Gasteiger partial charge in [0.2, 0.25) is 10.0 Å². The maximum atomic E-state index is 12.8. The molecule has 0 bridgehead atoms. The van der Waals surface area contributed by atoms with E-state index < -0.39 is 10.0 Å². The van der Waals surface area contributed by atoms with Crippen molar-refractivity contribution in [3.63, 3.8) is 0 Å². The molecule has 10 heteroatoms. The Labute approximate surface area is 190 Å². The van der Waals surface area contributed by atoms with E-state index in [1.807, 2.05) is 42.6 Å². The van der Waals surface area contributed by atoms with Gasteiger partial charge in [0.05, 0.1) is 16.8 Å². The molecule has 8 nitrogen and oxygen atoms in total. The van der Waals surface area contributed by atoms with Gasteiger partial charge in [-0.2, -0.15) is 0 Å². The van der Waals surface area contributed by atoms with E-state index in [1.54, 1.807) is 10.8 Å². The van der Waals surface area contributed by atoms with Crippen LogP contribution in [0.4, 0.5) is 5.82 Å². The van der Waals surface area contributed by atoms with E-state index in [0.717, 1.165) is 15.6 Å². The SMILES string of the molecule is Cc1ncc(NC(=O)c2ccc(S(=O)(=O)N(C)C)cc2)n1-c1nc(-c2ccccc2)cs1. The molecule has 1 N–H and O–H groups in total. The highest BCUT2D eigenvalue weighted by Crippen LogP contribution is 2.27. The Bertz CT molecular complexity index is 1360. The number of thiazole rings is 1. The molecule has 2 aromatic carbocycles. The second kappa shape index (κ2) is 8.65. The van der Waals surface area contributed by atoms with Crippen LogP contribution in [0.25, 0.3) is 16.4 Å². The Kier molecular flexibility index (Phi) is 5.92. The molecule has 2 aromatic heterocycles. The van der Waals surface area contributed by atoms with Gasteiger partial charge < -0.3 is 5.32 Å². The third kappa shape index (κ3) is 4.20. The highest BCUT2D eigenvalue weighted by Gasteiger charge is 2.19. The van der Waals surface area contributed by atoms with Crippen LogP contribution in [-0.4, -0.2) is 47.3 Å². The summed E-state index contributed by atoms with van der Waals surface area (Å²) < 4.78 is 27.3. The molecule has 0 aliphatic heterocycles. The fraction of sp³-hybridized carbons (Fsp3) is 0.136. The van der Waals surface area contributed by atoms with Crippen molar-refractivity contribution < 1.29 is 13.2 Å². The second-order valence-electron chi connectivity index (χ2n) is 7.17. The molecule has 0 atom stereocenters. The number of carbonyl (C=O) groups is 1. The lowest BCUT2D eigenvalue weighted by molar-refractivity contribution is 0.102. The lowest BCUT2D eigenvalue weighted by atomic mass is 10.2. The molecule has 0 saturated heterocycles. The van der Waals surface area contributed by atoms with Crippen LogP contribution in [0.1, 0.15) is 16.2 Å². The second-order valence-corrected chi connectivity index (χ2v) is 10.2. The van der Waals surface area contributed by atoms with Crippen LogP contribution in [0.3, 0.4) is 0 Å². The largest absolute Gasteiger partial charge is 0.306 e. The average molecular weight is 468 g/mol. The Balaban J connectivity index is 1.58. The van der Waals surface area contributed by atoms with Gasteiger partial charge in [-0.15, -0.1) is 11.3 Å². The van der Waals surface area contributed by atoms with Gasteiger partial charge in [0, 0.05) is 30.6 Å². The molecule has 2 heterocycles. The number of anilines is 1. The number of amides is 1. The summed E-state index contributed by atoms with van der Waals surface area (Å²) in [7, 11) is -0.638. The third-order valence-electron chi connectivity index (χ3n) is 4.83. The highest BCUT2D eigenvalue weighted by molar-refractivity contribution is 7.89. The topological polar surface area (TPSA) is 97.2 Å². The lowest BCUT2D eigenvalue weighted by Crippen LogP contribution is -2.22. The maximum Gasteiger partial charge on any atom is 0.256 e. The molecule has 4 rings (SSSR count). The number of imidazole rings is 1. The summed E-state index contributed by atoms with van der Waals surface area (Å²) in [5, 5.41) is 5.48. The smallest absolute Gasteiger partial charge is 0.256 e. The average Bonchev–Trinajstić information content (AvgIpc) is 3.41. The molecule has 1 amide bonds. The van der Waals surface area contributed by atoms with E-state index in [-0.39, 0.29) is 10.8 Å². The zero-order chi connectivity index (χ0) is 22.9. The van der Waals surface area contributed by atoms with Crippen LogP contribution >= 0.6 is 11.3 Å². The van der Waals surface area contributed by atoms with Gasteiger partial charge >= 0.3 is 0 Å². The first-order valence-corrected chi connectivity index (χ1v) is 12.0. The van der Waals surface area contributed by atoms with Crippen molar-refractivity contribution in [3.05, 3.63) is 77.6 Å². The number of nitrogens with zero attached hydrogens (tertiary/aromatic N) is 4. The monoisotopic (exact) mass is 467 g/mol. The zero-order valence-corrected chi connectivity index (χ0v) is 19.3. The molecule has 0 aliphatic rings. The summed E-state index contributed by atoms with van der Waals surface area (Å²) >= 11 is 1.45. The van der Waals surface area contributed by atoms with Gasteiger partial charge in [-0.3, -0.25) is 9.36 Å². The van der Waals surface area contributed by atoms with Crippen molar-refractivity contribution in [3.8, 4) is 16.4 Å². The quantitative estimate of drug-likeness (QED) is 0.465. The molecule has 0 spiro atoms. The highest BCUT2D eigenvalue weighted by atomic mass is 32.2. The summed E-state index contributed by atoms with van der Waals surface area (Å²) in [6.07, 6.45) is 1.57. The van der Waals surface area contributed by atoms with Crippen LogP contribution in [0.2, 0.25) is 0 Å². The van der Waals surface area contributed by atoms with E-state index in [1.165, 1.54) is 49.7 Å². The number of sulfonamides is 1. The van der Waals surface area contributed by atoms with Gasteiger partial charge in [-0.25, -0.2) is 22.7 Å². The summed E-state index contributed by atoms with van der Waals surface area (Å²) in [5.41, 5.74) is 2.18. The number of nitrogens with one attached hydrogen (secondary N) is 1. The Morgan fingerprint density at radius 1 is 1.06 bits per heavy atom. The van der Waals surface area contributed by atoms with E-state index >= 15 is 0 Å². The molecule has 0 radical (unpaired) electrons. The summed E-state index contributed by atoms with van der Waals surface area (Å²) in [6.45, 7) is 1.83. The van der Waals surface area contributed by atoms with E-state index in [4.69, 9.17) is 4.98 Å². The van der Waals surface area contributed by atoms with Gasteiger partial charge in [0.1, 0.15) is 11.6 Å². The van der Waals surface area contributed by atoms with Crippen molar-refractivity contribution >= 4 is 33.1 Å². The third-order valence-corrected chi connectivity index (χ3v) is 7.48. The molecule has 0 unspecified atom stereocenters. The molecule has 164 valence electrons. The molecule has 0 fully saturated rings. The lowest BCUT2D eigenvalue weighted by Gasteiger charge is -2.12. The minimum absolute atomic E-state index is 0.121. The number of hydrogen-bond donors (Lipinski definition) is 1. The normalized spacial score (nSPS) is 11.6. The summed E-state index contributed by atoms with van der Waals surface area (Å²) in [6, 6.07) is 15.6. The van der Waals surface area contributed by atoms with Crippen molar-refractivity contribution in [2.45, 2.75) is 11.8 Å². The van der Waals surface area contributed by atoms with Crippen molar-refractivity contribution in [2.75, 3.05) is 19.4 Å². The number of rotatable bonds is 6. The number of benzene rings is 2. The fourth-order valence-corrected chi connectivity index (χ4v) is 4.85. The minimum Gasteiger partial charge on any atom is -0.306 e. The summed E-state index contributed by atoms with van der Waals surface area (Å²) in [5.74, 6) is 0.785. The predicted octanol–water partition coefficient (Wildman–Crippen LogP) is 3.81. The number of carbonyl (C=O) groups excluding carboxylic acids is 1. The molecule has 4 aromatic rings. The van der Waals surface area contributed by atoms with Gasteiger partial charge in [-0.05, 0) is 31.2 Å². The van der Waals surface area contributed by atoms with Gasteiger partial charge in [-0.1, -0.05) is 30.3 Å². The van der Waals surface area contributed by atoms with Crippen molar-refractivity contribution in [1.82, 2.24) is 18.8 Å². The Morgan fingerprint density at radius 3 is 2.41 bits per heavy atom. The maximum absolute atomic E-state index is 12.8. The van der Waals surface area contributed by atoms with Gasteiger partial charge in [0.15, 0.2) is 5.13 Å². The first-order chi connectivity index (χ1) is 15.3. The number of aryl methyl sites for hydroxylation is 1. The van der Waals surface area contributed by atoms with Crippen LogP contribution in [0.5, 0.6) is 0 Å². The fourth-order valence-electron chi connectivity index (χ4n) is 3.06. The van der Waals surface area contributed by atoms with E-state index in [9.17, 15) is 13.2 Å². The van der Waals surface area contributed by atoms with Crippen molar-refractivity contribution in [2.24, 2.45) is 0 Å². The Hall–Kier alpha value is -3.34. The number of hydrogen-bond acceptors (Lipinski definition) is 6. The van der Waals surface area contributed by atoms with Crippen LogP contribution < -0.4 is 5.32 Å². The standard InChI is InChI=1S/C22H21N5O3S2/c1-15-23-13-20(27(15)22-24-19(14-31-22)16-7-5-4-6-8-16)25-21(28)17-9-11-18(12-10-17)32(29,30)26(2)3/h4-14H,1-3H3,(H,25,28). The first-order valence-electron chi connectivity index (χ1n) is 9.67. The first kappa shape index (κ1) is 21.9. The zero-order valence-electron chi connectivity index (χ0n) is 17.7. The molecular formula is C22H21N5O3S2. The molecular weight excluding hydrogens is 446 g/mol. The van der Waals surface area contributed by atoms with E-state index in [2.05, 4.69) is 10.3 Å². The molecule has 32 heavy (non-hydrogen) atoms. The Morgan fingerprint density at radius 2 is 1.75 bits per heavy atom. The van der Waals surface area contributed by atoms with Crippen LogP contribution in [0.15, 0.2) is 71.1 Å². The van der Waals surface area contributed by atoms with Crippen LogP contribution in [0, 0.1) is 6.92 Å². The van der Waals surface area contributed by atoms with Crippen LogP contribution in [-0.2, 0) is 10.0 Å².